The Labute approximate surface area is 153 Å². The molecule has 0 bridgehead atoms. The molecular formula is C19H19N3O3S. The number of sulfonamides is 1. The number of hydrogen-bond donors (Lipinski definition) is 1. The maximum atomic E-state index is 12.5. The van der Waals surface area contributed by atoms with E-state index in [2.05, 4.69) is 4.72 Å². The van der Waals surface area contributed by atoms with E-state index < -0.39 is 15.6 Å². The predicted octanol–water partition coefficient (Wildman–Crippen LogP) is 2.73. The molecule has 0 heterocycles. The zero-order chi connectivity index (χ0) is 19.0. The molecule has 0 aliphatic carbocycles. The summed E-state index contributed by atoms with van der Waals surface area (Å²) in [7, 11) is -3.73. The van der Waals surface area contributed by atoms with Gasteiger partial charge in [0.25, 0.3) is 0 Å². The number of rotatable bonds is 8. The van der Waals surface area contributed by atoms with Gasteiger partial charge in [0, 0.05) is 0 Å². The molecule has 1 atom stereocenters. The second-order valence-electron chi connectivity index (χ2n) is 5.82. The summed E-state index contributed by atoms with van der Waals surface area (Å²) in [5.41, 5.74) is -0.250. The lowest BCUT2D eigenvalue weighted by Crippen LogP contribution is -2.51. The van der Waals surface area contributed by atoms with E-state index in [1.165, 1.54) is 0 Å². The van der Waals surface area contributed by atoms with Crippen molar-refractivity contribution < 1.29 is 13.2 Å². The lowest BCUT2D eigenvalue weighted by molar-refractivity contribution is 0.236. The minimum atomic E-state index is -3.73. The smallest absolute Gasteiger partial charge is 0.217 e. The van der Waals surface area contributed by atoms with Gasteiger partial charge in [0.15, 0.2) is 5.54 Å². The van der Waals surface area contributed by atoms with Crippen LogP contribution in [0.5, 0.6) is 5.75 Å². The number of ether oxygens (including phenoxy) is 1. The topological polar surface area (TPSA) is 103 Å². The van der Waals surface area contributed by atoms with Crippen LogP contribution in [0.3, 0.4) is 0 Å². The van der Waals surface area contributed by atoms with Crippen molar-refractivity contribution in [2.75, 3.05) is 6.61 Å². The van der Waals surface area contributed by atoms with Gasteiger partial charge in [-0.3, -0.25) is 0 Å². The summed E-state index contributed by atoms with van der Waals surface area (Å²) in [4.78, 5) is 0. The van der Waals surface area contributed by atoms with Crippen molar-refractivity contribution in [2.45, 2.75) is 24.6 Å². The normalized spacial score (nSPS) is 13.2. The molecule has 0 saturated carbocycles. The molecule has 0 spiro atoms. The van der Waals surface area contributed by atoms with Crippen LogP contribution in [0.25, 0.3) is 0 Å². The van der Waals surface area contributed by atoms with Gasteiger partial charge in [-0.15, -0.1) is 0 Å². The summed E-state index contributed by atoms with van der Waals surface area (Å²) in [6.07, 6.45) is 0.244. The second kappa shape index (κ2) is 8.48. The molecule has 2 aromatic carbocycles. The minimum absolute atomic E-state index is 0.139. The zero-order valence-corrected chi connectivity index (χ0v) is 15.2. The molecule has 2 aromatic rings. The summed E-state index contributed by atoms with van der Waals surface area (Å²) >= 11 is 0. The van der Waals surface area contributed by atoms with Crippen LogP contribution in [0, 0.1) is 22.7 Å². The largest absolute Gasteiger partial charge is 0.491 e. The van der Waals surface area contributed by atoms with Gasteiger partial charge in [0.05, 0.1) is 23.5 Å². The van der Waals surface area contributed by atoms with Crippen molar-refractivity contribution in [3.05, 3.63) is 65.7 Å². The van der Waals surface area contributed by atoms with Gasteiger partial charge in [0.1, 0.15) is 12.4 Å². The first-order chi connectivity index (χ1) is 12.4. The van der Waals surface area contributed by atoms with Crippen molar-refractivity contribution in [3.63, 3.8) is 0 Å². The number of benzene rings is 2. The molecule has 2 rings (SSSR count). The Kier molecular flexibility index (Phi) is 6.35. The Morgan fingerprint density at radius 1 is 1.08 bits per heavy atom. The van der Waals surface area contributed by atoms with Gasteiger partial charge in [0.2, 0.25) is 10.0 Å². The molecule has 0 radical (unpaired) electrons. The molecule has 1 unspecified atom stereocenters. The Bertz CT molecular complexity index is 913. The zero-order valence-electron chi connectivity index (χ0n) is 14.3. The van der Waals surface area contributed by atoms with Gasteiger partial charge in [-0.1, -0.05) is 37.3 Å². The predicted molar refractivity (Wildman–Crippen MR) is 97.5 cm³/mol. The first-order valence-corrected chi connectivity index (χ1v) is 9.67. The molecule has 26 heavy (non-hydrogen) atoms. The summed E-state index contributed by atoms with van der Waals surface area (Å²) < 4.78 is 33.0. The lowest BCUT2D eigenvalue weighted by atomic mass is 10.0. The van der Waals surface area contributed by atoms with Gasteiger partial charge in [-0.05, 0) is 36.2 Å². The van der Waals surface area contributed by atoms with Crippen LogP contribution in [0.15, 0.2) is 54.6 Å². The minimum Gasteiger partial charge on any atom is -0.491 e. The average molecular weight is 369 g/mol. The molecular weight excluding hydrogens is 350 g/mol. The summed E-state index contributed by atoms with van der Waals surface area (Å²) in [6.45, 7) is 1.58. The summed E-state index contributed by atoms with van der Waals surface area (Å²) in [5, 5.41) is 18.4. The van der Waals surface area contributed by atoms with E-state index in [9.17, 15) is 13.7 Å². The van der Waals surface area contributed by atoms with Gasteiger partial charge in [-0.2, -0.15) is 15.2 Å². The van der Waals surface area contributed by atoms with Crippen molar-refractivity contribution in [2.24, 2.45) is 0 Å². The van der Waals surface area contributed by atoms with E-state index in [-0.39, 0.29) is 18.8 Å². The van der Waals surface area contributed by atoms with Gasteiger partial charge in [-0.25, -0.2) is 8.42 Å². The molecule has 0 aliphatic heterocycles. The third kappa shape index (κ3) is 5.32. The molecule has 0 aliphatic rings. The number of nitriles is 2. The van der Waals surface area contributed by atoms with Crippen molar-refractivity contribution >= 4 is 10.0 Å². The number of nitrogens with zero attached hydrogens (tertiary/aromatic N) is 2. The molecule has 6 nitrogen and oxygen atoms in total. The Morgan fingerprint density at radius 2 is 1.73 bits per heavy atom. The fourth-order valence-electron chi connectivity index (χ4n) is 2.30. The quantitative estimate of drug-likeness (QED) is 0.770. The standard InChI is InChI=1S/C19H19N3O3S/c1-2-19(14-21,15-25-18-10-8-16(12-20)9-11-18)22-26(23,24)13-17-6-4-3-5-7-17/h3-11,22H,2,13,15H2,1H3. The van der Waals surface area contributed by atoms with Crippen LogP contribution < -0.4 is 9.46 Å². The van der Waals surface area contributed by atoms with Crippen LogP contribution in [-0.2, 0) is 15.8 Å². The average Bonchev–Trinajstić information content (AvgIpc) is 2.66. The number of hydrogen-bond acceptors (Lipinski definition) is 5. The first-order valence-electron chi connectivity index (χ1n) is 8.02. The SMILES string of the molecule is CCC(C#N)(COc1ccc(C#N)cc1)NS(=O)(=O)Cc1ccccc1. The molecule has 0 saturated heterocycles. The van der Waals surface area contributed by atoms with Crippen LogP contribution >= 0.6 is 0 Å². The third-order valence-corrected chi connectivity index (χ3v) is 5.25. The molecule has 0 amide bonds. The molecule has 0 fully saturated rings. The molecule has 134 valence electrons. The van der Waals surface area contributed by atoms with Crippen LogP contribution in [0.1, 0.15) is 24.5 Å². The lowest BCUT2D eigenvalue weighted by Gasteiger charge is -2.26. The van der Waals surface area contributed by atoms with E-state index >= 15 is 0 Å². The van der Waals surface area contributed by atoms with E-state index in [1.807, 2.05) is 12.1 Å². The van der Waals surface area contributed by atoms with E-state index in [0.29, 0.717) is 16.9 Å². The fourth-order valence-corrected chi connectivity index (χ4v) is 3.85. The van der Waals surface area contributed by atoms with Crippen molar-refractivity contribution in [3.8, 4) is 17.9 Å². The Balaban J connectivity index is 2.10. The molecule has 0 aromatic heterocycles. The third-order valence-electron chi connectivity index (χ3n) is 3.84. The highest BCUT2D eigenvalue weighted by atomic mass is 32.2. The maximum absolute atomic E-state index is 12.5. The molecule has 7 heteroatoms. The fraction of sp³-hybridized carbons (Fsp3) is 0.263. The second-order valence-corrected chi connectivity index (χ2v) is 7.54. The van der Waals surface area contributed by atoms with Crippen LogP contribution in [0.2, 0.25) is 0 Å². The van der Waals surface area contributed by atoms with E-state index in [1.54, 1.807) is 61.5 Å². The molecule has 1 N–H and O–H groups in total. The monoisotopic (exact) mass is 369 g/mol. The van der Waals surface area contributed by atoms with Crippen molar-refractivity contribution in [1.29, 1.82) is 10.5 Å². The highest BCUT2D eigenvalue weighted by Crippen LogP contribution is 2.18. The highest BCUT2D eigenvalue weighted by Gasteiger charge is 2.34. The Morgan fingerprint density at radius 3 is 2.27 bits per heavy atom. The summed E-state index contributed by atoms with van der Waals surface area (Å²) in [5.74, 6) is 0.244. The van der Waals surface area contributed by atoms with Crippen LogP contribution in [-0.4, -0.2) is 20.6 Å². The first kappa shape index (κ1) is 19.5. The van der Waals surface area contributed by atoms with E-state index in [4.69, 9.17) is 10.00 Å². The van der Waals surface area contributed by atoms with E-state index in [0.717, 1.165) is 0 Å². The van der Waals surface area contributed by atoms with Crippen LogP contribution in [0.4, 0.5) is 0 Å². The van der Waals surface area contributed by atoms with Gasteiger partial charge >= 0.3 is 0 Å². The number of nitrogens with one attached hydrogen (secondary N) is 1. The highest BCUT2D eigenvalue weighted by molar-refractivity contribution is 7.88. The summed E-state index contributed by atoms with van der Waals surface area (Å²) in [6, 6.07) is 19.2. The maximum Gasteiger partial charge on any atom is 0.217 e. The Hall–Kier alpha value is -2.87. The van der Waals surface area contributed by atoms with Gasteiger partial charge < -0.3 is 4.74 Å². The van der Waals surface area contributed by atoms with Crippen molar-refractivity contribution in [1.82, 2.24) is 4.72 Å².